The van der Waals surface area contributed by atoms with Crippen LogP contribution in [-0.4, -0.2) is 23.8 Å². The molecular weight excluding hydrogens is 247 g/mol. The lowest BCUT2D eigenvalue weighted by Crippen LogP contribution is -2.42. The maximum atomic E-state index is 12.6. The van der Waals surface area contributed by atoms with E-state index in [1.165, 1.54) is 0 Å². The molecule has 0 saturated carbocycles. The van der Waals surface area contributed by atoms with E-state index in [1.54, 1.807) is 24.3 Å². The monoisotopic (exact) mass is 261 g/mol. The molecule has 0 fully saturated rings. The molecule has 0 amide bonds. The number of rotatable bonds is 5. The van der Waals surface area contributed by atoms with Gasteiger partial charge in [0.15, 0.2) is 5.84 Å². The van der Waals surface area contributed by atoms with Gasteiger partial charge in [-0.2, -0.15) is 13.2 Å². The Hall–Kier alpha value is -1.76. The van der Waals surface area contributed by atoms with Gasteiger partial charge in [0.2, 0.25) is 0 Å². The minimum atomic E-state index is -4.54. The van der Waals surface area contributed by atoms with Crippen LogP contribution in [-0.2, 0) is 6.54 Å². The van der Waals surface area contributed by atoms with Gasteiger partial charge in [0.25, 0.3) is 0 Å². The number of alkyl halides is 3. The van der Waals surface area contributed by atoms with Gasteiger partial charge in [0, 0.05) is 13.1 Å². The molecule has 0 aliphatic heterocycles. The molecule has 1 unspecified atom stereocenters. The van der Waals surface area contributed by atoms with Crippen molar-refractivity contribution in [3.8, 4) is 0 Å². The van der Waals surface area contributed by atoms with Gasteiger partial charge in [-0.3, -0.25) is 0 Å². The van der Waals surface area contributed by atoms with Crippen LogP contribution in [0.1, 0.15) is 5.56 Å². The molecule has 1 aromatic rings. The van der Waals surface area contributed by atoms with Crippen molar-refractivity contribution in [2.24, 2.45) is 16.8 Å². The smallest absolute Gasteiger partial charge is 0.400 e. The lowest BCUT2D eigenvalue weighted by molar-refractivity contribution is -0.154. The SMILES string of the molecule is N/C(=N/O)C(CNCc1ccccc1)C(F)(F)F. The third-order valence-electron chi connectivity index (χ3n) is 2.39. The average molecular weight is 261 g/mol. The molecule has 0 aromatic heterocycles. The predicted octanol–water partition coefficient (Wildman–Crippen LogP) is 1.70. The zero-order chi connectivity index (χ0) is 13.6. The fourth-order valence-electron chi connectivity index (χ4n) is 1.41. The summed E-state index contributed by atoms with van der Waals surface area (Å²) in [5, 5.41) is 13.4. The largest absolute Gasteiger partial charge is 0.409 e. The molecule has 0 saturated heterocycles. The highest BCUT2D eigenvalue weighted by Crippen LogP contribution is 2.25. The third kappa shape index (κ3) is 4.25. The lowest BCUT2D eigenvalue weighted by Gasteiger charge is -2.19. The first-order valence-electron chi connectivity index (χ1n) is 5.24. The van der Waals surface area contributed by atoms with Gasteiger partial charge in [-0.15, -0.1) is 0 Å². The van der Waals surface area contributed by atoms with E-state index in [-0.39, 0.29) is 6.54 Å². The molecule has 0 bridgehead atoms. The third-order valence-corrected chi connectivity index (χ3v) is 2.39. The molecule has 100 valence electrons. The topological polar surface area (TPSA) is 70.6 Å². The van der Waals surface area contributed by atoms with Crippen LogP contribution in [0.3, 0.4) is 0 Å². The number of oxime groups is 1. The standard InChI is InChI=1S/C11H14F3N3O/c12-11(13,14)9(10(15)17-18)7-16-6-8-4-2-1-3-5-8/h1-5,9,16,18H,6-7H2,(H2,15,17). The van der Waals surface area contributed by atoms with Crippen LogP contribution in [0, 0.1) is 5.92 Å². The second-order valence-corrected chi connectivity index (χ2v) is 3.74. The molecule has 1 rings (SSSR count). The van der Waals surface area contributed by atoms with E-state index in [1.807, 2.05) is 6.07 Å². The van der Waals surface area contributed by atoms with Crippen molar-refractivity contribution in [1.82, 2.24) is 5.32 Å². The lowest BCUT2D eigenvalue weighted by atomic mass is 10.1. The van der Waals surface area contributed by atoms with E-state index in [2.05, 4.69) is 10.5 Å². The van der Waals surface area contributed by atoms with Gasteiger partial charge in [-0.1, -0.05) is 35.5 Å². The Morgan fingerprint density at radius 2 is 1.94 bits per heavy atom. The average Bonchev–Trinajstić information content (AvgIpc) is 2.33. The molecular formula is C11H14F3N3O. The number of hydrogen-bond acceptors (Lipinski definition) is 3. The fraction of sp³-hybridized carbons (Fsp3) is 0.364. The Morgan fingerprint density at radius 1 is 1.33 bits per heavy atom. The summed E-state index contributed by atoms with van der Waals surface area (Å²) in [5.74, 6) is -2.84. The van der Waals surface area contributed by atoms with Crippen LogP contribution in [0.25, 0.3) is 0 Å². The Balaban J connectivity index is 2.54. The quantitative estimate of drug-likeness (QED) is 0.327. The number of hydrogen-bond donors (Lipinski definition) is 3. The number of benzene rings is 1. The summed E-state index contributed by atoms with van der Waals surface area (Å²) in [6.07, 6.45) is -4.54. The fourth-order valence-corrected chi connectivity index (χ4v) is 1.41. The summed E-state index contributed by atoms with van der Waals surface area (Å²) in [6.45, 7) is -0.152. The molecule has 4 nitrogen and oxygen atoms in total. The van der Waals surface area contributed by atoms with Crippen LogP contribution in [0.15, 0.2) is 35.5 Å². The number of amidine groups is 1. The van der Waals surface area contributed by atoms with E-state index in [9.17, 15) is 13.2 Å². The summed E-state index contributed by atoms with van der Waals surface area (Å²) < 4.78 is 37.7. The van der Waals surface area contributed by atoms with Crippen LogP contribution >= 0.6 is 0 Å². The minimum Gasteiger partial charge on any atom is -0.409 e. The van der Waals surface area contributed by atoms with E-state index in [0.29, 0.717) is 0 Å². The molecule has 4 N–H and O–H groups in total. The van der Waals surface area contributed by atoms with Crippen molar-refractivity contribution in [1.29, 1.82) is 0 Å². The van der Waals surface area contributed by atoms with Gasteiger partial charge in [0.05, 0.1) is 0 Å². The Bertz CT molecular complexity index is 392. The predicted molar refractivity (Wildman–Crippen MR) is 61.1 cm³/mol. The zero-order valence-corrected chi connectivity index (χ0v) is 9.48. The Labute approximate surface area is 102 Å². The first kappa shape index (κ1) is 14.3. The van der Waals surface area contributed by atoms with Crippen LogP contribution in [0.4, 0.5) is 13.2 Å². The second kappa shape index (κ2) is 6.25. The zero-order valence-electron chi connectivity index (χ0n) is 9.48. The van der Waals surface area contributed by atoms with E-state index in [4.69, 9.17) is 10.9 Å². The van der Waals surface area contributed by atoms with E-state index < -0.39 is 24.5 Å². The molecule has 18 heavy (non-hydrogen) atoms. The molecule has 1 atom stereocenters. The molecule has 0 radical (unpaired) electrons. The summed E-state index contributed by atoms with van der Waals surface area (Å²) in [5.41, 5.74) is 5.88. The van der Waals surface area contributed by atoms with Crippen molar-refractivity contribution in [3.05, 3.63) is 35.9 Å². The number of nitrogens with zero attached hydrogens (tertiary/aromatic N) is 1. The molecule has 0 spiro atoms. The highest BCUT2D eigenvalue weighted by molar-refractivity contribution is 5.83. The van der Waals surface area contributed by atoms with Crippen molar-refractivity contribution >= 4 is 5.84 Å². The molecule has 0 aliphatic rings. The van der Waals surface area contributed by atoms with Crippen molar-refractivity contribution in [2.45, 2.75) is 12.7 Å². The summed E-state index contributed by atoms with van der Waals surface area (Å²) in [4.78, 5) is 0. The summed E-state index contributed by atoms with van der Waals surface area (Å²) >= 11 is 0. The first-order valence-corrected chi connectivity index (χ1v) is 5.24. The van der Waals surface area contributed by atoms with E-state index in [0.717, 1.165) is 5.56 Å². The van der Waals surface area contributed by atoms with Gasteiger partial charge >= 0.3 is 6.18 Å². The van der Waals surface area contributed by atoms with E-state index >= 15 is 0 Å². The highest BCUT2D eigenvalue weighted by Gasteiger charge is 2.42. The van der Waals surface area contributed by atoms with Crippen molar-refractivity contribution in [2.75, 3.05) is 6.54 Å². The second-order valence-electron chi connectivity index (χ2n) is 3.74. The van der Waals surface area contributed by atoms with Crippen molar-refractivity contribution in [3.63, 3.8) is 0 Å². The van der Waals surface area contributed by atoms with Crippen LogP contribution in [0.2, 0.25) is 0 Å². The van der Waals surface area contributed by atoms with Crippen LogP contribution < -0.4 is 11.1 Å². The molecule has 1 aromatic carbocycles. The van der Waals surface area contributed by atoms with Gasteiger partial charge < -0.3 is 16.3 Å². The highest BCUT2D eigenvalue weighted by atomic mass is 19.4. The summed E-state index contributed by atoms with van der Waals surface area (Å²) in [6, 6.07) is 8.99. The van der Waals surface area contributed by atoms with Gasteiger partial charge in [0.1, 0.15) is 5.92 Å². The molecule has 7 heteroatoms. The maximum absolute atomic E-state index is 12.6. The van der Waals surface area contributed by atoms with Crippen molar-refractivity contribution < 1.29 is 18.4 Å². The van der Waals surface area contributed by atoms with Gasteiger partial charge in [-0.05, 0) is 5.56 Å². The first-order chi connectivity index (χ1) is 8.45. The Morgan fingerprint density at radius 3 is 2.44 bits per heavy atom. The van der Waals surface area contributed by atoms with Crippen LogP contribution in [0.5, 0.6) is 0 Å². The summed E-state index contributed by atoms with van der Waals surface area (Å²) in [7, 11) is 0. The number of nitrogens with one attached hydrogen (secondary N) is 1. The molecule has 0 heterocycles. The normalized spacial score (nSPS) is 14.5. The van der Waals surface area contributed by atoms with Gasteiger partial charge in [-0.25, -0.2) is 0 Å². The Kier molecular flexibility index (Phi) is 4.96. The number of halogens is 3. The molecule has 0 aliphatic carbocycles. The number of nitrogens with two attached hydrogens (primary N) is 1. The minimum absolute atomic E-state index is 0.284. The maximum Gasteiger partial charge on any atom is 0.400 e.